The standard InChI is InChI=1S/C13H22O4/c1-3-9-5-4-6-10(9)7-11(13(16)17)8(2)12(14)15/h8-11H,3-7H2,1-2H3,(H,14,15)(H,16,17). The van der Waals surface area contributed by atoms with Gasteiger partial charge in [0, 0.05) is 0 Å². The molecule has 1 rings (SSSR count). The van der Waals surface area contributed by atoms with E-state index in [1.54, 1.807) is 0 Å². The largest absolute Gasteiger partial charge is 0.481 e. The average Bonchev–Trinajstić information content (AvgIpc) is 2.71. The van der Waals surface area contributed by atoms with E-state index in [1.165, 1.54) is 6.92 Å². The highest BCUT2D eigenvalue weighted by molar-refractivity contribution is 5.79. The van der Waals surface area contributed by atoms with Crippen LogP contribution in [0, 0.1) is 23.7 Å². The van der Waals surface area contributed by atoms with Gasteiger partial charge in [-0.3, -0.25) is 9.59 Å². The smallest absolute Gasteiger partial charge is 0.307 e. The van der Waals surface area contributed by atoms with E-state index in [1.807, 2.05) is 0 Å². The van der Waals surface area contributed by atoms with Gasteiger partial charge in [0.05, 0.1) is 11.8 Å². The van der Waals surface area contributed by atoms with Crippen LogP contribution >= 0.6 is 0 Å². The lowest BCUT2D eigenvalue weighted by Gasteiger charge is -2.24. The maximum absolute atomic E-state index is 11.2. The Morgan fingerprint density at radius 3 is 2.24 bits per heavy atom. The van der Waals surface area contributed by atoms with E-state index in [9.17, 15) is 9.59 Å². The second kappa shape index (κ2) is 6.03. The quantitative estimate of drug-likeness (QED) is 0.750. The zero-order valence-electron chi connectivity index (χ0n) is 10.6. The fourth-order valence-electron chi connectivity index (χ4n) is 2.98. The van der Waals surface area contributed by atoms with Crippen molar-refractivity contribution >= 4 is 11.9 Å². The molecular formula is C13H22O4. The molecule has 1 aliphatic carbocycles. The molecule has 4 heteroatoms. The molecule has 0 aromatic carbocycles. The summed E-state index contributed by atoms with van der Waals surface area (Å²) < 4.78 is 0. The predicted molar refractivity (Wildman–Crippen MR) is 63.7 cm³/mol. The molecule has 0 aromatic heterocycles. The molecule has 0 heterocycles. The van der Waals surface area contributed by atoms with Crippen LogP contribution in [0.15, 0.2) is 0 Å². The molecule has 0 radical (unpaired) electrons. The molecule has 0 bridgehead atoms. The summed E-state index contributed by atoms with van der Waals surface area (Å²) in [4.78, 5) is 22.1. The Labute approximate surface area is 102 Å². The highest BCUT2D eigenvalue weighted by Gasteiger charge is 2.35. The van der Waals surface area contributed by atoms with E-state index in [0.717, 1.165) is 25.7 Å². The average molecular weight is 242 g/mol. The Morgan fingerprint density at radius 2 is 1.76 bits per heavy atom. The first-order valence-corrected chi connectivity index (χ1v) is 6.43. The van der Waals surface area contributed by atoms with Crippen molar-refractivity contribution in [3.8, 4) is 0 Å². The summed E-state index contributed by atoms with van der Waals surface area (Å²) in [6.07, 6.45) is 4.94. The monoisotopic (exact) mass is 242 g/mol. The first-order chi connectivity index (χ1) is 7.97. The first-order valence-electron chi connectivity index (χ1n) is 6.43. The summed E-state index contributed by atoms with van der Waals surface area (Å²) in [5.74, 6) is -2.55. The lowest BCUT2D eigenvalue weighted by Crippen LogP contribution is -2.30. The molecule has 4 atom stereocenters. The summed E-state index contributed by atoms with van der Waals surface area (Å²) in [6, 6.07) is 0. The number of carbonyl (C=O) groups is 2. The molecule has 0 aliphatic heterocycles. The Bertz CT molecular complexity index is 287. The molecule has 98 valence electrons. The second-order valence-corrected chi connectivity index (χ2v) is 5.17. The van der Waals surface area contributed by atoms with Gasteiger partial charge < -0.3 is 10.2 Å². The summed E-state index contributed by atoms with van der Waals surface area (Å²) in [7, 11) is 0. The van der Waals surface area contributed by atoms with Gasteiger partial charge in [0.25, 0.3) is 0 Å². The van der Waals surface area contributed by atoms with Crippen LogP contribution in [0.5, 0.6) is 0 Å². The number of carboxylic acids is 2. The fraction of sp³-hybridized carbons (Fsp3) is 0.846. The maximum Gasteiger partial charge on any atom is 0.307 e. The highest BCUT2D eigenvalue weighted by atomic mass is 16.4. The van der Waals surface area contributed by atoms with Gasteiger partial charge >= 0.3 is 11.9 Å². The van der Waals surface area contributed by atoms with Crippen molar-refractivity contribution in [2.45, 2.75) is 46.0 Å². The third-order valence-electron chi connectivity index (χ3n) is 4.21. The molecule has 2 N–H and O–H groups in total. The van der Waals surface area contributed by atoms with Crippen molar-refractivity contribution in [1.82, 2.24) is 0 Å². The maximum atomic E-state index is 11.2. The van der Waals surface area contributed by atoms with Crippen molar-refractivity contribution in [2.24, 2.45) is 23.7 Å². The lowest BCUT2D eigenvalue weighted by molar-refractivity contribution is -0.153. The van der Waals surface area contributed by atoms with Crippen LogP contribution in [-0.2, 0) is 9.59 Å². The van der Waals surface area contributed by atoms with Crippen LogP contribution < -0.4 is 0 Å². The van der Waals surface area contributed by atoms with Crippen molar-refractivity contribution in [3.05, 3.63) is 0 Å². The van der Waals surface area contributed by atoms with Crippen LogP contribution in [0.3, 0.4) is 0 Å². The van der Waals surface area contributed by atoms with Crippen LogP contribution in [0.4, 0.5) is 0 Å². The zero-order valence-corrected chi connectivity index (χ0v) is 10.6. The predicted octanol–water partition coefficient (Wildman–Crippen LogP) is 2.62. The first kappa shape index (κ1) is 14.0. The van der Waals surface area contributed by atoms with Gasteiger partial charge in [0.1, 0.15) is 0 Å². The normalized spacial score (nSPS) is 27.6. The molecular weight excluding hydrogens is 220 g/mol. The summed E-state index contributed by atoms with van der Waals surface area (Å²) in [5, 5.41) is 18.1. The minimum Gasteiger partial charge on any atom is -0.481 e. The van der Waals surface area contributed by atoms with E-state index >= 15 is 0 Å². The van der Waals surface area contributed by atoms with Crippen LogP contribution in [0.1, 0.15) is 46.0 Å². The SMILES string of the molecule is CCC1CCCC1CC(C(=O)O)C(C)C(=O)O. The van der Waals surface area contributed by atoms with Crippen molar-refractivity contribution in [1.29, 1.82) is 0 Å². The molecule has 17 heavy (non-hydrogen) atoms. The number of aliphatic carboxylic acids is 2. The number of carboxylic acid groups (broad SMARTS) is 2. The molecule has 0 spiro atoms. The Balaban J connectivity index is 2.66. The van der Waals surface area contributed by atoms with E-state index in [4.69, 9.17) is 10.2 Å². The molecule has 0 saturated heterocycles. The minimum absolute atomic E-state index is 0.392. The number of hydrogen-bond acceptors (Lipinski definition) is 2. The third kappa shape index (κ3) is 3.45. The second-order valence-electron chi connectivity index (χ2n) is 5.17. The molecule has 4 nitrogen and oxygen atoms in total. The van der Waals surface area contributed by atoms with E-state index in [2.05, 4.69) is 6.92 Å². The molecule has 1 aliphatic rings. The lowest BCUT2D eigenvalue weighted by atomic mass is 9.80. The molecule has 4 unspecified atom stereocenters. The molecule has 0 aromatic rings. The van der Waals surface area contributed by atoms with Crippen LogP contribution in [0.2, 0.25) is 0 Å². The van der Waals surface area contributed by atoms with Gasteiger partial charge in [0.2, 0.25) is 0 Å². The van der Waals surface area contributed by atoms with Crippen LogP contribution in [-0.4, -0.2) is 22.2 Å². The van der Waals surface area contributed by atoms with Gasteiger partial charge in [-0.25, -0.2) is 0 Å². The number of rotatable bonds is 6. The van der Waals surface area contributed by atoms with Gasteiger partial charge in [0.15, 0.2) is 0 Å². The topological polar surface area (TPSA) is 74.6 Å². The van der Waals surface area contributed by atoms with Crippen LogP contribution in [0.25, 0.3) is 0 Å². The summed E-state index contributed by atoms with van der Waals surface area (Å²) in [6.45, 7) is 3.62. The third-order valence-corrected chi connectivity index (χ3v) is 4.21. The van der Waals surface area contributed by atoms with Gasteiger partial charge in [-0.2, -0.15) is 0 Å². The van der Waals surface area contributed by atoms with Crippen molar-refractivity contribution in [3.63, 3.8) is 0 Å². The van der Waals surface area contributed by atoms with E-state index < -0.39 is 23.8 Å². The zero-order chi connectivity index (χ0) is 13.0. The Kier molecular flexibility index (Phi) is 4.97. The Morgan fingerprint density at radius 1 is 1.18 bits per heavy atom. The minimum atomic E-state index is -1.01. The Hall–Kier alpha value is -1.06. The molecule has 1 saturated carbocycles. The fourth-order valence-corrected chi connectivity index (χ4v) is 2.98. The summed E-state index contributed by atoms with van der Waals surface area (Å²) in [5.41, 5.74) is 0. The van der Waals surface area contributed by atoms with Gasteiger partial charge in [-0.15, -0.1) is 0 Å². The van der Waals surface area contributed by atoms with E-state index in [-0.39, 0.29) is 0 Å². The highest BCUT2D eigenvalue weighted by Crippen LogP contribution is 2.39. The van der Waals surface area contributed by atoms with Crippen molar-refractivity contribution < 1.29 is 19.8 Å². The van der Waals surface area contributed by atoms with Gasteiger partial charge in [-0.1, -0.05) is 39.5 Å². The summed E-state index contributed by atoms with van der Waals surface area (Å²) >= 11 is 0. The van der Waals surface area contributed by atoms with E-state index in [0.29, 0.717) is 18.3 Å². The van der Waals surface area contributed by atoms with Gasteiger partial charge in [-0.05, 0) is 18.3 Å². The van der Waals surface area contributed by atoms with Crippen molar-refractivity contribution in [2.75, 3.05) is 0 Å². The number of hydrogen-bond donors (Lipinski definition) is 2. The molecule has 1 fully saturated rings. The molecule has 0 amide bonds.